The molecule has 0 aromatic carbocycles. The molecular formula is C10H12ClN3O3S. The number of nitrogens with one attached hydrogen (secondary N) is 1. The summed E-state index contributed by atoms with van der Waals surface area (Å²) in [5.74, 6) is -0.0453. The van der Waals surface area contributed by atoms with E-state index in [4.69, 9.17) is 11.6 Å². The maximum Gasteiger partial charge on any atom is 0.271 e. The van der Waals surface area contributed by atoms with Crippen LogP contribution in [-0.2, 0) is 9.84 Å². The first-order valence-corrected chi connectivity index (χ1v) is 7.64. The fourth-order valence-corrected chi connectivity index (χ4v) is 3.76. The highest BCUT2D eigenvalue weighted by molar-refractivity contribution is 7.91. The summed E-state index contributed by atoms with van der Waals surface area (Å²) in [5.41, 5.74) is 0.167. The predicted octanol–water partition coefficient (Wildman–Crippen LogP) is 0.295. The van der Waals surface area contributed by atoms with E-state index in [1.165, 1.54) is 12.1 Å². The Hall–Kier alpha value is -1.21. The molecule has 1 amide bonds. The number of sulfone groups is 1. The van der Waals surface area contributed by atoms with Gasteiger partial charge in [-0.05, 0) is 24.5 Å². The highest BCUT2D eigenvalue weighted by Gasteiger charge is 2.28. The lowest BCUT2D eigenvalue weighted by Gasteiger charge is -2.08. The Morgan fingerprint density at radius 2 is 2.22 bits per heavy atom. The number of carbonyl (C=O) groups excluding carboxylic acids is 1. The van der Waals surface area contributed by atoms with Crippen molar-refractivity contribution in [2.24, 2.45) is 5.92 Å². The first-order valence-electron chi connectivity index (χ1n) is 5.44. The van der Waals surface area contributed by atoms with Crippen LogP contribution < -0.4 is 5.32 Å². The quantitative estimate of drug-likeness (QED) is 0.864. The lowest BCUT2D eigenvalue weighted by Crippen LogP contribution is -2.30. The average molecular weight is 290 g/mol. The Labute approximate surface area is 110 Å². The van der Waals surface area contributed by atoms with Gasteiger partial charge >= 0.3 is 0 Å². The lowest BCUT2D eigenvalue weighted by atomic mass is 10.1. The second kappa shape index (κ2) is 5.19. The largest absolute Gasteiger partial charge is 0.350 e. The molecule has 2 rings (SSSR count). The van der Waals surface area contributed by atoms with Crippen molar-refractivity contribution in [3.8, 4) is 0 Å². The van der Waals surface area contributed by atoms with E-state index in [-0.39, 0.29) is 34.2 Å². The summed E-state index contributed by atoms with van der Waals surface area (Å²) >= 11 is 5.56. The Bertz CT molecular complexity index is 544. The van der Waals surface area contributed by atoms with Crippen molar-refractivity contribution in [1.29, 1.82) is 0 Å². The molecule has 1 aromatic rings. The molecule has 2 heterocycles. The third-order valence-electron chi connectivity index (χ3n) is 2.74. The van der Waals surface area contributed by atoms with Crippen molar-refractivity contribution in [2.75, 3.05) is 18.1 Å². The molecule has 0 aliphatic carbocycles. The molecule has 18 heavy (non-hydrogen) atoms. The molecule has 0 saturated carbocycles. The molecule has 1 aliphatic heterocycles. The van der Waals surface area contributed by atoms with Crippen LogP contribution in [0.25, 0.3) is 0 Å². The molecule has 8 heteroatoms. The molecule has 1 unspecified atom stereocenters. The summed E-state index contributed by atoms with van der Waals surface area (Å²) in [6, 6.07) is 2.94. The van der Waals surface area contributed by atoms with Crippen LogP contribution in [0, 0.1) is 5.92 Å². The van der Waals surface area contributed by atoms with Gasteiger partial charge in [-0.15, -0.1) is 10.2 Å². The Morgan fingerprint density at radius 3 is 2.78 bits per heavy atom. The summed E-state index contributed by atoms with van der Waals surface area (Å²) in [6.07, 6.45) is 0.592. The fourth-order valence-electron chi connectivity index (χ4n) is 1.80. The summed E-state index contributed by atoms with van der Waals surface area (Å²) in [5, 5.41) is 10.1. The van der Waals surface area contributed by atoms with Gasteiger partial charge in [0.25, 0.3) is 5.91 Å². The molecule has 1 aliphatic rings. The molecule has 1 N–H and O–H groups in total. The summed E-state index contributed by atoms with van der Waals surface area (Å²) in [6.45, 7) is 0.336. The molecule has 1 fully saturated rings. The minimum atomic E-state index is -2.91. The van der Waals surface area contributed by atoms with Gasteiger partial charge < -0.3 is 5.32 Å². The van der Waals surface area contributed by atoms with Crippen LogP contribution in [-0.4, -0.2) is 42.6 Å². The lowest BCUT2D eigenvalue weighted by molar-refractivity contribution is 0.0942. The van der Waals surface area contributed by atoms with E-state index in [2.05, 4.69) is 15.5 Å². The van der Waals surface area contributed by atoms with Gasteiger partial charge in [-0.3, -0.25) is 4.79 Å². The number of hydrogen-bond acceptors (Lipinski definition) is 5. The van der Waals surface area contributed by atoms with Crippen molar-refractivity contribution >= 4 is 27.3 Å². The van der Waals surface area contributed by atoms with Crippen LogP contribution in [0.4, 0.5) is 0 Å². The van der Waals surface area contributed by atoms with Crippen LogP contribution in [0.2, 0.25) is 5.15 Å². The van der Waals surface area contributed by atoms with Crippen LogP contribution in [0.5, 0.6) is 0 Å². The number of rotatable bonds is 3. The van der Waals surface area contributed by atoms with E-state index in [1.807, 2.05) is 0 Å². The zero-order valence-corrected chi connectivity index (χ0v) is 11.0. The molecule has 0 spiro atoms. The number of hydrogen-bond donors (Lipinski definition) is 1. The Kier molecular flexibility index (Phi) is 3.82. The van der Waals surface area contributed by atoms with Gasteiger partial charge in [0.05, 0.1) is 11.5 Å². The number of amides is 1. The van der Waals surface area contributed by atoms with Gasteiger partial charge in [0.15, 0.2) is 20.7 Å². The normalized spacial score (nSPS) is 21.7. The first kappa shape index (κ1) is 13.2. The first-order chi connectivity index (χ1) is 8.46. The van der Waals surface area contributed by atoms with Crippen LogP contribution in [0.3, 0.4) is 0 Å². The number of halogens is 1. The van der Waals surface area contributed by atoms with Gasteiger partial charge in [0, 0.05) is 6.54 Å². The molecular weight excluding hydrogens is 278 g/mol. The maximum absolute atomic E-state index is 11.7. The smallest absolute Gasteiger partial charge is 0.271 e. The molecule has 1 saturated heterocycles. The van der Waals surface area contributed by atoms with Gasteiger partial charge in [0.2, 0.25) is 0 Å². The molecule has 1 aromatic heterocycles. The van der Waals surface area contributed by atoms with E-state index in [0.29, 0.717) is 13.0 Å². The number of aromatic nitrogens is 2. The van der Waals surface area contributed by atoms with E-state index >= 15 is 0 Å². The maximum atomic E-state index is 11.7. The molecule has 0 bridgehead atoms. The highest BCUT2D eigenvalue weighted by Crippen LogP contribution is 2.17. The monoisotopic (exact) mass is 289 g/mol. The van der Waals surface area contributed by atoms with Gasteiger partial charge in [-0.25, -0.2) is 8.42 Å². The van der Waals surface area contributed by atoms with Crippen molar-refractivity contribution in [1.82, 2.24) is 15.5 Å². The van der Waals surface area contributed by atoms with Gasteiger partial charge in [-0.2, -0.15) is 0 Å². The minimum absolute atomic E-state index is 0.0146. The summed E-state index contributed by atoms with van der Waals surface area (Å²) < 4.78 is 22.5. The van der Waals surface area contributed by atoms with Crippen LogP contribution in [0.15, 0.2) is 12.1 Å². The van der Waals surface area contributed by atoms with Crippen LogP contribution >= 0.6 is 11.6 Å². The molecule has 0 radical (unpaired) electrons. The fraction of sp³-hybridized carbons (Fsp3) is 0.500. The van der Waals surface area contributed by atoms with Crippen molar-refractivity contribution < 1.29 is 13.2 Å². The van der Waals surface area contributed by atoms with E-state index in [9.17, 15) is 13.2 Å². The van der Waals surface area contributed by atoms with Crippen LogP contribution in [0.1, 0.15) is 16.9 Å². The third kappa shape index (κ3) is 3.39. The zero-order chi connectivity index (χ0) is 13.2. The second-order valence-electron chi connectivity index (χ2n) is 4.22. The number of nitrogens with zero attached hydrogens (tertiary/aromatic N) is 2. The highest BCUT2D eigenvalue weighted by atomic mass is 35.5. The summed E-state index contributed by atoms with van der Waals surface area (Å²) in [7, 11) is -2.91. The van der Waals surface area contributed by atoms with Crippen molar-refractivity contribution in [2.45, 2.75) is 6.42 Å². The Morgan fingerprint density at radius 1 is 1.44 bits per heavy atom. The SMILES string of the molecule is O=C(NCC1CCS(=O)(=O)C1)c1ccc(Cl)nn1. The van der Waals surface area contributed by atoms with E-state index < -0.39 is 9.84 Å². The average Bonchev–Trinajstić information content (AvgIpc) is 2.67. The molecule has 6 nitrogen and oxygen atoms in total. The predicted molar refractivity (Wildman–Crippen MR) is 66.1 cm³/mol. The number of carbonyl (C=O) groups is 1. The molecule has 98 valence electrons. The zero-order valence-electron chi connectivity index (χ0n) is 9.47. The van der Waals surface area contributed by atoms with Gasteiger partial charge in [-0.1, -0.05) is 11.6 Å². The van der Waals surface area contributed by atoms with E-state index in [1.54, 1.807) is 0 Å². The van der Waals surface area contributed by atoms with Gasteiger partial charge in [0.1, 0.15) is 0 Å². The topological polar surface area (TPSA) is 89.0 Å². The Balaban J connectivity index is 1.87. The standard InChI is InChI=1S/C10H12ClN3O3S/c11-9-2-1-8(13-14-9)10(15)12-5-7-3-4-18(16,17)6-7/h1-2,7H,3-6H2,(H,12,15). The third-order valence-corrected chi connectivity index (χ3v) is 4.78. The van der Waals surface area contributed by atoms with Crippen molar-refractivity contribution in [3.63, 3.8) is 0 Å². The van der Waals surface area contributed by atoms with Crippen molar-refractivity contribution in [3.05, 3.63) is 23.0 Å². The summed E-state index contributed by atoms with van der Waals surface area (Å²) in [4.78, 5) is 11.7. The minimum Gasteiger partial charge on any atom is -0.350 e. The second-order valence-corrected chi connectivity index (χ2v) is 6.84. The van der Waals surface area contributed by atoms with E-state index in [0.717, 1.165) is 0 Å². The molecule has 1 atom stereocenters.